The third kappa shape index (κ3) is 6.28. The quantitative estimate of drug-likeness (QED) is 0.140. The molecule has 6 aromatic carbocycles. The molecule has 0 fully saturated rings. The summed E-state index contributed by atoms with van der Waals surface area (Å²) in [6.07, 6.45) is 6.67. The Balaban J connectivity index is 0.000000142. The topological polar surface area (TPSA) is 92.0 Å². The van der Waals surface area contributed by atoms with Crippen LogP contribution in [0.1, 0.15) is 20.3 Å². The molecule has 0 aliphatic rings. The molecular formula is C37H30IrN4O2-2. The molecule has 7 heteroatoms. The summed E-state index contributed by atoms with van der Waals surface area (Å²) in [6.45, 7) is 3.32. The van der Waals surface area contributed by atoms with Crippen LogP contribution in [-0.2, 0) is 20.1 Å². The predicted octanol–water partition coefficient (Wildman–Crippen LogP) is 7.61. The summed E-state index contributed by atoms with van der Waals surface area (Å²) in [7, 11) is 0. The molecule has 2 unspecified atom stereocenters. The van der Waals surface area contributed by atoms with Gasteiger partial charge >= 0.3 is 0 Å². The van der Waals surface area contributed by atoms with Crippen LogP contribution in [-0.4, -0.2) is 42.4 Å². The van der Waals surface area contributed by atoms with E-state index in [1.165, 1.54) is 21.5 Å². The number of aromatic nitrogens is 4. The van der Waals surface area contributed by atoms with Gasteiger partial charge in [-0.25, -0.2) is 0 Å². The molecule has 2 heterocycles. The minimum Gasteiger partial charge on any atom is -0.393 e. The van der Waals surface area contributed by atoms with Crippen molar-refractivity contribution in [3.63, 3.8) is 0 Å². The monoisotopic (exact) mass is 755 g/mol. The number of hydrogen-bond donors (Lipinski definition) is 2. The van der Waals surface area contributed by atoms with Crippen LogP contribution in [0.4, 0.5) is 0 Å². The van der Waals surface area contributed by atoms with Gasteiger partial charge < -0.3 is 20.2 Å². The van der Waals surface area contributed by atoms with E-state index in [9.17, 15) is 0 Å². The van der Waals surface area contributed by atoms with Gasteiger partial charge in [-0.05, 0) is 31.0 Å². The molecule has 0 aliphatic carbocycles. The van der Waals surface area contributed by atoms with Crippen molar-refractivity contribution in [2.24, 2.45) is 0 Å². The van der Waals surface area contributed by atoms with Crippen molar-refractivity contribution in [1.29, 1.82) is 0 Å². The average Bonchev–Trinajstić information content (AvgIpc) is 3.05. The third-order valence-corrected chi connectivity index (χ3v) is 7.21. The molecule has 8 aromatic rings. The molecule has 2 atom stereocenters. The standard InChI is InChI=1S/2C16H9N2.C5H12O2.Ir/c2*1-3-7-13-11(5-1)12-6-2-4-8-14(12)16-15(13)17-9-10-18-16;1-4(6)3-5(2)7;/h2*1-7,9-10H;4-7H,3H2,1-2H3;/q2*-1;;. The molecule has 221 valence electrons. The van der Waals surface area contributed by atoms with E-state index < -0.39 is 0 Å². The van der Waals surface area contributed by atoms with Crippen LogP contribution in [0.5, 0.6) is 0 Å². The van der Waals surface area contributed by atoms with Crippen molar-refractivity contribution in [1.82, 2.24) is 19.9 Å². The number of rotatable bonds is 2. The van der Waals surface area contributed by atoms with E-state index in [-0.39, 0.29) is 32.3 Å². The second kappa shape index (κ2) is 13.9. The van der Waals surface area contributed by atoms with Gasteiger partial charge in [-0.3, -0.25) is 9.97 Å². The maximum Gasteiger partial charge on any atom is 0.0545 e. The summed E-state index contributed by atoms with van der Waals surface area (Å²) in [5, 5.41) is 26.3. The number of aliphatic hydroxyl groups is 2. The van der Waals surface area contributed by atoms with Gasteiger partial charge in [0.05, 0.1) is 23.2 Å². The first kappa shape index (κ1) is 31.0. The van der Waals surface area contributed by atoms with Gasteiger partial charge in [-0.2, -0.15) is 0 Å². The van der Waals surface area contributed by atoms with E-state index in [0.717, 1.165) is 43.6 Å². The Morgan fingerprint density at radius 3 is 1.20 bits per heavy atom. The van der Waals surface area contributed by atoms with Crippen molar-refractivity contribution < 1.29 is 30.3 Å². The maximum atomic E-state index is 8.56. The van der Waals surface area contributed by atoms with Gasteiger partial charge in [0, 0.05) is 55.9 Å². The fourth-order valence-electron chi connectivity index (χ4n) is 5.49. The Morgan fingerprint density at radius 1 is 0.500 bits per heavy atom. The number of fused-ring (bicyclic) bond motifs is 12. The summed E-state index contributed by atoms with van der Waals surface area (Å²) in [4.78, 5) is 17.9. The largest absolute Gasteiger partial charge is 0.393 e. The summed E-state index contributed by atoms with van der Waals surface area (Å²) in [6, 6.07) is 35.3. The number of aliphatic hydroxyl groups excluding tert-OH is 2. The molecule has 0 spiro atoms. The van der Waals surface area contributed by atoms with Crippen molar-refractivity contribution in [3.05, 3.63) is 122 Å². The zero-order chi connectivity index (χ0) is 29.8. The Morgan fingerprint density at radius 2 is 0.841 bits per heavy atom. The summed E-state index contributed by atoms with van der Waals surface area (Å²) < 4.78 is 0. The summed E-state index contributed by atoms with van der Waals surface area (Å²) in [5.74, 6) is 0. The first-order chi connectivity index (χ1) is 21.0. The average molecular weight is 755 g/mol. The van der Waals surface area contributed by atoms with E-state index in [1.54, 1.807) is 38.6 Å². The molecule has 1 radical (unpaired) electrons. The predicted molar refractivity (Wildman–Crippen MR) is 175 cm³/mol. The first-order valence-electron chi connectivity index (χ1n) is 14.2. The number of nitrogens with zero attached hydrogens (tertiary/aromatic N) is 4. The zero-order valence-electron chi connectivity index (χ0n) is 24.3. The Bertz CT molecular complexity index is 1600. The van der Waals surface area contributed by atoms with E-state index in [2.05, 4.69) is 80.6 Å². The smallest absolute Gasteiger partial charge is 0.0545 e. The summed E-state index contributed by atoms with van der Waals surface area (Å²) >= 11 is 0. The van der Waals surface area contributed by atoms with Gasteiger partial charge in [-0.15, -0.1) is 59.3 Å². The van der Waals surface area contributed by atoms with Gasteiger partial charge in [0.2, 0.25) is 0 Å². The molecule has 44 heavy (non-hydrogen) atoms. The van der Waals surface area contributed by atoms with Crippen LogP contribution < -0.4 is 0 Å². The van der Waals surface area contributed by atoms with Gasteiger partial charge in [0.15, 0.2) is 0 Å². The van der Waals surface area contributed by atoms with Crippen LogP contribution >= 0.6 is 0 Å². The second-order valence-corrected chi connectivity index (χ2v) is 10.4. The van der Waals surface area contributed by atoms with Crippen LogP contribution in [0.25, 0.3) is 65.2 Å². The van der Waals surface area contributed by atoms with E-state index in [0.29, 0.717) is 6.42 Å². The first-order valence-corrected chi connectivity index (χ1v) is 14.2. The van der Waals surface area contributed by atoms with Crippen molar-refractivity contribution in [2.75, 3.05) is 0 Å². The minimum atomic E-state index is -0.375. The molecule has 8 rings (SSSR count). The van der Waals surface area contributed by atoms with Crippen LogP contribution in [0.2, 0.25) is 0 Å². The van der Waals surface area contributed by atoms with Crippen molar-refractivity contribution in [3.8, 4) is 0 Å². The van der Waals surface area contributed by atoms with Crippen LogP contribution in [0.3, 0.4) is 0 Å². The molecule has 6 nitrogen and oxygen atoms in total. The molecule has 0 saturated carbocycles. The molecule has 0 amide bonds. The molecule has 2 N–H and O–H groups in total. The Labute approximate surface area is 268 Å². The van der Waals surface area contributed by atoms with E-state index in [4.69, 9.17) is 10.2 Å². The summed E-state index contributed by atoms with van der Waals surface area (Å²) in [5.41, 5.74) is 3.74. The third-order valence-electron chi connectivity index (χ3n) is 7.21. The normalized spacial score (nSPS) is 12.3. The maximum absolute atomic E-state index is 8.56. The van der Waals surface area contributed by atoms with Crippen LogP contribution in [0.15, 0.2) is 110 Å². The molecule has 0 saturated heterocycles. The van der Waals surface area contributed by atoms with Gasteiger partial charge in [0.1, 0.15) is 0 Å². The fourth-order valence-corrected chi connectivity index (χ4v) is 5.49. The Kier molecular flexibility index (Phi) is 9.83. The van der Waals surface area contributed by atoms with Crippen molar-refractivity contribution >= 4 is 65.2 Å². The Hall–Kier alpha value is -4.39. The van der Waals surface area contributed by atoms with E-state index in [1.807, 2.05) is 36.4 Å². The molecular weight excluding hydrogens is 725 g/mol. The molecule has 2 aromatic heterocycles. The number of hydrogen-bond acceptors (Lipinski definition) is 6. The number of benzene rings is 6. The SMILES string of the molecule is CC(O)CC(C)O.[Ir].[c-]1cccc2c1c1nccnc1c1ccccc21.[c-]1cccc2c1c1nccnc1c1ccccc21. The zero-order valence-corrected chi connectivity index (χ0v) is 26.7. The van der Waals surface area contributed by atoms with Crippen LogP contribution in [0, 0.1) is 12.1 Å². The van der Waals surface area contributed by atoms with Gasteiger partial charge in [0.25, 0.3) is 0 Å². The second-order valence-electron chi connectivity index (χ2n) is 10.4. The fraction of sp³-hybridized carbons (Fsp3) is 0.135. The van der Waals surface area contributed by atoms with Gasteiger partial charge in [-0.1, -0.05) is 70.1 Å². The van der Waals surface area contributed by atoms with Crippen molar-refractivity contribution in [2.45, 2.75) is 32.5 Å². The molecule has 0 aliphatic heterocycles. The molecule has 0 bridgehead atoms. The van der Waals surface area contributed by atoms with E-state index >= 15 is 0 Å². The minimum absolute atomic E-state index is 0.